The Morgan fingerprint density at radius 3 is 2.94 bits per heavy atom. The van der Waals surface area contributed by atoms with E-state index in [1.54, 1.807) is 17.2 Å². The molecule has 0 unspecified atom stereocenters. The number of hydrogen-bond acceptors (Lipinski definition) is 3. The zero-order chi connectivity index (χ0) is 11.1. The lowest BCUT2D eigenvalue weighted by Gasteiger charge is -2.01. The van der Waals surface area contributed by atoms with Gasteiger partial charge in [0.2, 0.25) is 0 Å². The first-order chi connectivity index (χ1) is 7.77. The number of nitrogen functional groups attached to an aromatic ring is 1. The van der Waals surface area contributed by atoms with Crippen LogP contribution in [0.15, 0.2) is 30.7 Å². The van der Waals surface area contributed by atoms with Crippen molar-refractivity contribution < 1.29 is 0 Å². The molecule has 0 saturated carbocycles. The summed E-state index contributed by atoms with van der Waals surface area (Å²) < 4.78 is 1.65. The second kappa shape index (κ2) is 3.10. The monoisotopic (exact) mass is 213 g/mol. The van der Waals surface area contributed by atoms with Gasteiger partial charge in [0, 0.05) is 18.2 Å². The molecule has 80 valence electrons. The molecule has 0 aliphatic carbocycles. The third-order valence-corrected chi connectivity index (χ3v) is 2.72. The highest BCUT2D eigenvalue weighted by molar-refractivity contribution is 5.94. The van der Waals surface area contributed by atoms with Crippen molar-refractivity contribution in [3.63, 3.8) is 0 Å². The molecule has 0 saturated heterocycles. The van der Waals surface area contributed by atoms with Gasteiger partial charge in [0.1, 0.15) is 5.82 Å². The zero-order valence-electron chi connectivity index (χ0n) is 8.81. The normalized spacial score (nSPS) is 11.1. The topological polar surface area (TPSA) is 72.5 Å². The van der Waals surface area contributed by atoms with Crippen LogP contribution in [0, 0.1) is 0 Å². The van der Waals surface area contributed by atoms with E-state index in [4.69, 9.17) is 5.73 Å². The van der Waals surface area contributed by atoms with Crippen molar-refractivity contribution in [2.24, 2.45) is 7.05 Å². The van der Waals surface area contributed by atoms with E-state index in [0.717, 1.165) is 22.2 Å². The lowest BCUT2D eigenvalue weighted by Crippen LogP contribution is -1.98. The molecule has 0 amide bonds. The van der Waals surface area contributed by atoms with Crippen molar-refractivity contribution in [2.75, 3.05) is 5.73 Å². The number of rotatable bonds is 1. The highest BCUT2D eigenvalue weighted by atomic mass is 15.3. The predicted molar refractivity (Wildman–Crippen MR) is 62.7 cm³/mol. The summed E-state index contributed by atoms with van der Waals surface area (Å²) in [4.78, 5) is 7.37. The largest absolute Gasteiger partial charge is 0.383 e. The van der Waals surface area contributed by atoms with Crippen LogP contribution in [0.5, 0.6) is 0 Å². The summed E-state index contributed by atoms with van der Waals surface area (Å²) in [6, 6.07) is 5.96. The summed E-state index contributed by atoms with van der Waals surface area (Å²) in [5, 5.41) is 4.14. The fourth-order valence-electron chi connectivity index (χ4n) is 1.84. The maximum absolute atomic E-state index is 5.96. The number of anilines is 1. The first-order valence-corrected chi connectivity index (χ1v) is 4.97. The van der Waals surface area contributed by atoms with Crippen LogP contribution in [0.25, 0.3) is 22.2 Å². The van der Waals surface area contributed by atoms with Crippen LogP contribution in [-0.4, -0.2) is 19.7 Å². The van der Waals surface area contributed by atoms with E-state index in [1.165, 1.54) is 0 Å². The molecular formula is C11H11N5. The number of aromatic amines is 1. The molecule has 5 heteroatoms. The number of benzene rings is 1. The van der Waals surface area contributed by atoms with Gasteiger partial charge >= 0.3 is 0 Å². The van der Waals surface area contributed by atoms with Gasteiger partial charge in [-0.2, -0.15) is 5.10 Å². The minimum absolute atomic E-state index is 0.649. The Morgan fingerprint density at radius 2 is 2.19 bits per heavy atom. The van der Waals surface area contributed by atoms with Crippen LogP contribution in [0.1, 0.15) is 0 Å². The van der Waals surface area contributed by atoms with E-state index in [1.807, 2.05) is 25.2 Å². The first kappa shape index (κ1) is 8.96. The summed E-state index contributed by atoms with van der Waals surface area (Å²) in [6.07, 6.45) is 3.44. The van der Waals surface area contributed by atoms with Crippen LogP contribution >= 0.6 is 0 Å². The van der Waals surface area contributed by atoms with Crippen LogP contribution in [-0.2, 0) is 7.05 Å². The van der Waals surface area contributed by atoms with Crippen molar-refractivity contribution in [1.29, 1.82) is 0 Å². The van der Waals surface area contributed by atoms with Gasteiger partial charge in [-0.1, -0.05) is 12.1 Å². The van der Waals surface area contributed by atoms with E-state index in [2.05, 4.69) is 15.1 Å². The molecule has 1 aromatic carbocycles. The van der Waals surface area contributed by atoms with Gasteiger partial charge in [0.05, 0.1) is 23.6 Å². The van der Waals surface area contributed by atoms with Gasteiger partial charge in [-0.15, -0.1) is 0 Å². The molecule has 0 bridgehead atoms. The molecule has 3 aromatic rings. The summed E-state index contributed by atoms with van der Waals surface area (Å²) in [7, 11) is 1.82. The van der Waals surface area contributed by atoms with E-state index in [0.29, 0.717) is 5.82 Å². The molecule has 0 atom stereocenters. The Labute approximate surface area is 91.9 Å². The predicted octanol–water partition coefficient (Wildman–Crippen LogP) is 1.55. The van der Waals surface area contributed by atoms with E-state index in [-0.39, 0.29) is 0 Å². The van der Waals surface area contributed by atoms with E-state index in [9.17, 15) is 0 Å². The minimum atomic E-state index is 0.649. The van der Waals surface area contributed by atoms with Crippen molar-refractivity contribution in [3.8, 4) is 11.1 Å². The maximum Gasteiger partial charge on any atom is 0.129 e. The number of aryl methyl sites for hydroxylation is 1. The Balaban J connectivity index is 2.33. The van der Waals surface area contributed by atoms with Crippen molar-refractivity contribution >= 4 is 16.9 Å². The second-order valence-corrected chi connectivity index (χ2v) is 3.67. The fraction of sp³-hybridized carbons (Fsp3) is 0.0909. The average Bonchev–Trinajstić information content (AvgIpc) is 2.87. The van der Waals surface area contributed by atoms with E-state index < -0.39 is 0 Å². The van der Waals surface area contributed by atoms with E-state index >= 15 is 0 Å². The van der Waals surface area contributed by atoms with Crippen LogP contribution in [0.3, 0.4) is 0 Å². The van der Waals surface area contributed by atoms with Gasteiger partial charge in [-0.25, -0.2) is 4.98 Å². The number of imidazole rings is 1. The van der Waals surface area contributed by atoms with Gasteiger partial charge < -0.3 is 10.7 Å². The Morgan fingerprint density at radius 1 is 1.31 bits per heavy atom. The number of para-hydroxylation sites is 1. The molecule has 3 rings (SSSR count). The van der Waals surface area contributed by atoms with Crippen molar-refractivity contribution in [3.05, 3.63) is 30.7 Å². The molecule has 2 aromatic heterocycles. The highest BCUT2D eigenvalue weighted by Crippen LogP contribution is 2.29. The maximum atomic E-state index is 5.96. The lowest BCUT2D eigenvalue weighted by molar-refractivity contribution is 0.779. The first-order valence-electron chi connectivity index (χ1n) is 4.97. The number of nitrogens with one attached hydrogen (secondary N) is 1. The second-order valence-electron chi connectivity index (χ2n) is 3.67. The Bertz CT molecular complexity index is 649. The molecule has 0 spiro atoms. The standard InChI is InChI=1S/C11H11N5/c1-16-11(12)8(5-15-16)7-3-2-4-9-10(7)14-6-13-9/h2-6H,12H2,1H3,(H,13,14). The SMILES string of the molecule is Cn1ncc(-c2cccc3[nH]cnc23)c1N. The van der Waals surface area contributed by atoms with Gasteiger partial charge in [-0.3, -0.25) is 4.68 Å². The van der Waals surface area contributed by atoms with Gasteiger partial charge in [-0.05, 0) is 6.07 Å². The molecule has 0 fully saturated rings. The number of fused-ring (bicyclic) bond motifs is 1. The number of nitrogens with zero attached hydrogens (tertiary/aromatic N) is 3. The Hall–Kier alpha value is -2.30. The minimum Gasteiger partial charge on any atom is -0.383 e. The number of hydrogen-bond donors (Lipinski definition) is 2. The molecule has 0 radical (unpaired) electrons. The number of aromatic nitrogens is 4. The zero-order valence-corrected chi connectivity index (χ0v) is 8.81. The summed E-state index contributed by atoms with van der Waals surface area (Å²) in [5.74, 6) is 0.649. The molecule has 16 heavy (non-hydrogen) atoms. The molecule has 2 heterocycles. The molecule has 3 N–H and O–H groups in total. The van der Waals surface area contributed by atoms with Gasteiger partial charge in [0.25, 0.3) is 0 Å². The summed E-state index contributed by atoms with van der Waals surface area (Å²) >= 11 is 0. The van der Waals surface area contributed by atoms with Gasteiger partial charge in [0.15, 0.2) is 0 Å². The highest BCUT2D eigenvalue weighted by Gasteiger charge is 2.11. The number of nitrogens with two attached hydrogens (primary N) is 1. The number of H-pyrrole nitrogens is 1. The van der Waals surface area contributed by atoms with Crippen LogP contribution in [0.4, 0.5) is 5.82 Å². The smallest absolute Gasteiger partial charge is 0.129 e. The third-order valence-electron chi connectivity index (χ3n) is 2.72. The van der Waals surface area contributed by atoms with Crippen molar-refractivity contribution in [1.82, 2.24) is 19.7 Å². The lowest BCUT2D eigenvalue weighted by atomic mass is 10.1. The Kier molecular flexibility index (Phi) is 1.73. The third kappa shape index (κ3) is 1.11. The fourth-order valence-corrected chi connectivity index (χ4v) is 1.84. The molecule has 0 aliphatic rings. The summed E-state index contributed by atoms with van der Waals surface area (Å²) in [6.45, 7) is 0. The molecule has 5 nitrogen and oxygen atoms in total. The average molecular weight is 213 g/mol. The van der Waals surface area contributed by atoms with Crippen LogP contribution < -0.4 is 5.73 Å². The molecular weight excluding hydrogens is 202 g/mol. The quantitative estimate of drug-likeness (QED) is 0.644. The molecule has 0 aliphatic heterocycles. The summed E-state index contributed by atoms with van der Waals surface area (Å²) in [5.41, 5.74) is 9.80. The van der Waals surface area contributed by atoms with Crippen LogP contribution in [0.2, 0.25) is 0 Å². The van der Waals surface area contributed by atoms with Crippen molar-refractivity contribution in [2.45, 2.75) is 0 Å².